The second-order valence-electron chi connectivity index (χ2n) is 4.98. The molecule has 20 heavy (non-hydrogen) atoms. The van der Waals surface area contributed by atoms with Gasteiger partial charge < -0.3 is 11.5 Å². The van der Waals surface area contributed by atoms with Crippen LogP contribution >= 0.6 is 0 Å². The zero-order valence-corrected chi connectivity index (χ0v) is 11.7. The largest absolute Gasteiger partial charge is 0.399 e. The zero-order valence-electron chi connectivity index (χ0n) is 11.7. The Morgan fingerprint density at radius 3 is 2.35 bits per heavy atom. The van der Waals surface area contributed by atoms with Crippen LogP contribution in [0.1, 0.15) is 41.3 Å². The van der Waals surface area contributed by atoms with Crippen molar-refractivity contribution in [1.82, 2.24) is 0 Å². The van der Waals surface area contributed by atoms with Gasteiger partial charge >= 0.3 is 0 Å². The molecule has 0 unspecified atom stereocenters. The number of rotatable bonds is 5. The first kappa shape index (κ1) is 14.1. The summed E-state index contributed by atoms with van der Waals surface area (Å²) in [5, 5.41) is 0. The normalized spacial score (nSPS) is 10.4. The van der Waals surface area contributed by atoms with Crippen molar-refractivity contribution >= 4 is 17.2 Å². The number of ketones is 1. The standard InChI is InChI=1S/C17H20N2O/c1-2-3-4-12-5-7-13(8-6-12)17(20)15-10-9-14(18)11-16(15)19/h5-11H,2-4,18-19H2,1H3. The highest BCUT2D eigenvalue weighted by atomic mass is 16.1. The number of carbonyl (C=O) groups is 1. The summed E-state index contributed by atoms with van der Waals surface area (Å²) in [5.41, 5.74) is 14.9. The van der Waals surface area contributed by atoms with Crippen LogP contribution in [-0.4, -0.2) is 5.78 Å². The summed E-state index contributed by atoms with van der Waals surface area (Å²) in [6, 6.07) is 12.7. The third kappa shape index (κ3) is 3.18. The van der Waals surface area contributed by atoms with Crippen LogP contribution in [0.2, 0.25) is 0 Å². The number of unbranched alkanes of at least 4 members (excludes halogenated alkanes) is 1. The molecule has 0 spiro atoms. The maximum absolute atomic E-state index is 12.4. The van der Waals surface area contributed by atoms with Gasteiger partial charge in [-0.05, 0) is 36.6 Å². The van der Waals surface area contributed by atoms with E-state index < -0.39 is 0 Å². The van der Waals surface area contributed by atoms with Crippen LogP contribution in [0.3, 0.4) is 0 Å². The lowest BCUT2D eigenvalue weighted by Crippen LogP contribution is -2.06. The van der Waals surface area contributed by atoms with Gasteiger partial charge in [0.05, 0.1) is 0 Å². The Kier molecular flexibility index (Phi) is 4.41. The lowest BCUT2D eigenvalue weighted by molar-refractivity contribution is 0.103. The minimum absolute atomic E-state index is 0.0652. The lowest BCUT2D eigenvalue weighted by Gasteiger charge is -2.07. The van der Waals surface area contributed by atoms with E-state index in [-0.39, 0.29) is 5.78 Å². The van der Waals surface area contributed by atoms with E-state index in [4.69, 9.17) is 11.5 Å². The number of anilines is 2. The number of hydrogen-bond donors (Lipinski definition) is 2. The highest BCUT2D eigenvalue weighted by Crippen LogP contribution is 2.20. The van der Waals surface area contributed by atoms with Crippen molar-refractivity contribution in [3.63, 3.8) is 0 Å². The number of benzene rings is 2. The molecule has 0 bridgehead atoms. The summed E-state index contributed by atoms with van der Waals surface area (Å²) in [6.07, 6.45) is 3.38. The molecule has 2 rings (SSSR count). The van der Waals surface area contributed by atoms with Crippen LogP contribution in [0.25, 0.3) is 0 Å². The minimum Gasteiger partial charge on any atom is -0.399 e. The number of nitrogens with two attached hydrogens (primary N) is 2. The van der Waals surface area contributed by atoms with Crippen LogP contribution in [0.4, 0.5) is 11.4 Å². The highest BCUT2D eigenvalue weighted by molar-refractivity contribution is 6.12. The molecular weight excluding hydrogens is 248 g/mol. The van der Waals surface area contributed by atoms with Crippen molar-refractivity contribution in [3.8, 4) is 0 Å². The Morgan fingerprint density at radius 2 is 1.75 bits per heavy atom. The van der Waals surface area contributed by atoms with Gasteiger partial charge in [-0.15, -0.1) is 0 Å². The molecule has 2 aromatic rings. The second kappa shape index (κ2) is 6.24. The molecule has 0 saturated carbocycles. The molecule has 0 aliphatic carbocycles. The molecule has 104 valence electrons. The van der Waals surface area contributed by atoms with Gasteiger partial charge in [0.25, 0.3) is 0 Å². The molecular formula is C17H20N2O. The van der Waals surface area contributed by atoms with E-state index in [0.29, 0.717) is 22.5 Å². The first-order valence-corrected chi connectivity index (χ1v) is 6.90. The Labute approximate surface area is 119 Å². The van der Waals surface area contributed by atoms with E-state index in [2.05, 4.69) is 6.92 Å². The fourth-order valence-electron chi connectivity index (χ4n) is 2.15. The summed E-state index contributed by atoms with van der Waals surface area (Å²) in [7, 11) is 0. The smallest absolute Gasteiger partial charge is 0.195 e. The molecule has 0 radical (unpaired) electrons. The summed E-state index contributed by atoms with van der Waals surface area (Å²) in [4.78, 5) is 12.4. The van der Waals surface area contributed by atoms with Gasteiger partial charge in [0, 0.05) is 22.5 Å². The number of nitrogen functional groups attached to an aromatic ring is 2. The van der Waals surface area contributed by atoms with Crippen molar-refractivity contribution in [2.75, 3.05) is 11.5 Å². The topological polar surface area (TPSA) is 69.1 Å². The molecule has 0 aromatic heterocycles. The lowest BCUT2D eigenvalue weighted by atomic mass is 9.99. The Balaban J connectivity index is 2.20. The van der Waals surface area contributed by atoms with Crippen LogP contribution in [0, 0.1) is 0 Å². The molecule has 0 fully saturated rings. The van der Waals surface area contributed by atoms with Crippen LogP contribution < -0.4 is 11.5 Å². The molecule has 4 N–H and O–H groups in total. The van der Waals surface area contributed by atoms with Gasteiger partial charge in [0.15, 0.2) is 5.78 Å². The Morgan fingerprint density at radius 1 is 1.05 bits per heavy atom. The molecule has 0 aliphatic rings. The van der Waals surface area contributed by atoms with Gasteiger partial charge in [0.1, 0.15) is 0 Å². The Hall–Kier alpha value is -2.29. The van der Waals surface area contributed by atoms with Gasteiger partial charge in [-0.25, -0.2) is 0 Å². The monoisotopic (exact) mass is 268 g/mol. The van der Waals surface area contributed by atoms with Crippen molar-refractivity contribution in [1.29, 1.82) is 0 Å². The van der Waals surface area contributed by atoms with Gasteiger partial charge in [-0.2, -0.15) is 0 Å². The van der Waals surface area contributed by atoms with E-state index >= 15 is 0 Å². The third-order valence-electron chi connectivity index (χ3n) is 3.36. The Bertz CT molecular complexity index is 603. The van der Waals surface area contributed by atoms with Crippen LogP contribution in [0.5, 0.6) is 0 Å². The predicted octanol–water partition coefficient (Wildman–Crippen LogP) is 3.42. The highest BCUT2D eigenvalue weighted by Gasteiger charge is 2.12. The maximum atomic E-state index is 12.4. The molecule has 0 saturated heterocycles. The van der Waals surface area contributed by atoms with Gasteiger partial charge in [-0.3, -0.25) is 4.79 Å². The minimum atomic E-state index is -0.0652. The van der Waals surface area contributed by atoms with Gasteiger partial charge in [0.2, 0.25) is 0 Å². The maximum Gasteiger partial charge on any atom is 0.195 e. The second-order valence-corrected chi connectivity index (χ2v) is 4.98. The quantitative estimate of drug-likeness (QED) is 0.645. The summed E-state index contributed by atoms with van der Waals surface area (Å²) < 4.78 is 0. The molecule has 3 heteroatoms. The fourth-order valence-corrected chi connectivity index (χ4v) is 2.15. The first-order valence-electron chi connectivity index (χ1n) is 6.90. The summed E-state index contributed by atoms with van der Waals surface area (Å²) >= 11 is 0. The van der Waals surface area contributed by atoms with Crippen molar-refractivity contribution in [2.24, 2.45) is 0 Å². The molecule has 2 aromatic carbocycles. The first-order chi connectivity index (χ1) is 9.61. The average Bonchev–Trinajstić information content (AvgIpc) is 2.45. The van der Waals surface area contributed by atoms with Crippen molar-refractivity contribution in [2.45, 2.75) is 26.2 Å². The molecule has 3 nitrogen and oxygen atoms in total. The average molecular weight is 268 g/mol. The molecule has 0 atom stereocenters. The number of aryl methyl sites for hydroxylation is 1. The van der Waals surface area contributed by atoms with Gasteiger partial charge in [-0.1, -0.05) is 37.6 Å². The fraction of sp³-hybridized carbons (Fsp3) is 0.235. The number of carbonyl (C=O) groups excluding carboxylic acids is 1. The van der Waals surface area contributed by atoms with Crippen LogP contribution in [-0.2, 0) is 6.42 Å². The van der Waals surface area contributed by atoms with Crippen molar-refractivity contribution in [3.05, 3.63) is 59.2 Å². The van der Waals surface area contributed by atoms with E-state index in [9.17, 15) is 4.79 Å². The van der Waals surface area contributed by atoms with E-state index in [1.807, 2.05) is 24.3 Å². The van der Waals surface area contributed by atoms with E-state index in [1.54, 1.807) is 18.2 Å². The number of hydrogen-bond acceptors (Lipinski definition) is 3. The van der Waals surface area contributed by atoms with E-state index in [0.717, 1.165) is 12.8 Å². The predicted molar refractivity (Wildman–Crippen MR) is 83.8 cm³/mol. The van der Waals surface area contributed by atoms with Crippen molar-refractivity contribution < 1.29 is 4.79 Å². The third-order valence-corrected chi connectivity index (χ3v) is 3.36. The summed E-state index contributed by atoms with van der Waals surface area (Å²) in [6.45, 7) is 2.17. The molecule has 0 heterocycles. The van der Waals surface area contributed by atoms with Crippen LogP contribution in [0.15, 0.2) is 42.5 Å². The SMILES string of the molecule is CCCCc1ccc(C(=O)c2ccc(N)cc2N)cc1. The molecule has 0 aliphatic heterocycles. The van der Waals surface area contributed by atoms with E-state index in [1.165, 1.54) is 12.0 Å². The zero-order chi connectivity index (χ0) is 14.5. The summed E-state index contributed by atoms with van der Waals surface area (Å²) in [5.74, 6) is -0.0652. The molecule has 0 amide bonds.